The molecule has 2 aliphatic heterocycles. The molecular formula is C26H29N3O2. The van der Waals surface area contributed by atoms with Crippen molar-refractivity contribution in [1.82, 2.24) is 14.7 Å². The zero-order valence-corrected chi connectivity index (χ0v) is 18.5. The molecule has 1 fully saturated rings. The van der Waals surface area contributed by atoms with Crippen LogP contribution in [0.3, 0.4) is 0 Å². The molecule has 1 amide bonds. The van der Waals surface area contributed by atoms with Gasteiger partial charge in [-0.1, -0.05) is 30.3 Å². The number of benzene rings is 2. The quantitative estimate of drug-likeness (QED) is 0.619. The van der Waals surface area contributed by atoms with Gasteiger partial charge in [0, 0.05) is 44.1 Å². The van der Waals surface area contributed by atoms with E-state index in [0.29, 0.717) is 13.1 Å². The molecule has 5 nitrogen and oxygen atoms in total. The van der Waals surface area contributed by atoms with Gasteiger partial charge in [-0.3, -0.25) is 9.48 Å². The molecule has 0 spiro atoms. The van der Waals surface area contributed by atoms with Crippen molar-refractivity contribution in [2.75, 3.05) is 13.2 Å². The number of aromatic nitrogens is 2. The molecule has 3 heterocycles. The van der Waals surface area contributed by atoms with Gasteiger partial charge >= 0.3 is 0 Å². The van der Waals surface area contributed by atoms with Crippen molar-refractivity contribution in [2.24, 2.45) is 7.05 Å². The normalized spacial score (nSPS) is 18.1. The van der Waals surface area contributed by atoms with Crippen LogP contribution in [-0.2, 0) is 24.8 Å². The lowest BCUT2D eigenvalue weighted by Gasteiger charge is -2.19. The third-order valence-electron chi connectivity index (χ3n) is 6.56. The summed E-state index contributed by atoms with van der Waals surface area (Å²) in [6, 6.07) is 13.0. The summed E-state index contributed by atoms with van der Waals surface area (Å²) in [7, 11) is 1.95. The van der Waals surface area contributed by atoms with E-state index in [1.165, 1.54) is 27.8 Å². The Kier molecular flexibility index (Phi) is 5.14. The Labute approximate surface area is 183 Å². The average Bonchev–Trinajstić information content (AvgIpc) is 3.45. The number of nitrogens with zero attached hydrogens (tertiary/aromatic N) is 3. The lowest BCUT2D eigenvalue weighted by molar-refractivity contribution is 0.0545. The summed E-state index contributed by atoms with van der Waals surface area (Å²) >= 11 is 0. The highest BCUT2D eigenvalue weighted by molar-refractivity contribution is 5.98. The molecule has 2 aromatic carbocycles. The van der Waals surface area contributed by atoms with Crippen molar-refractivity contribution in [3.8, 4) is 11.1 Å². The molecule has 0 saturated carbocycles. The standard InChI is InChI=1S/C26H29N3O2/c1-17-11-22-14-29(15-23-5-4-10-31-23)26(30)24(22)13-21(17)12-19-6-8-20(9-7-19)25-16-28(3)27-18(25)2/h6-9,11,13,16,23H,4-5,10,12,14-15H2,1-3H3. The van der Waals surface area contributed by atoms with E-state index in [-0.39, 0.29) is 12.0 Å². The first-order valence-electron chi connectivity index (χ1n) is 11.1. The van der Waals surface area contributed by atoms with Crippen LogP contribution in [-0.4, -0.2) is 39.8 Å². The van der Waals surface area contributed by atoms with E-state index in [9.17, 15) is 4.79 Å². The molecule has 1 unspecified atom stereocenters. The maximum atomic E-state index is 13.0. The lowest BCUT2D eigenvalue weighted by atomic mass is 9.95. The fourth-order valence-electron chi connectivity index (χ4n) is 4.87. The second-order valence-electron chi connectivity index (χ2n) is 8.93. The van der Waals surface area contributed by atoms with Gasteiger partial charge in [0.2, 0.25) is 0 Å². The zero-order chi connectivity index (χ0) is 21.5. The first-order valence-corrected chi connectivity index (χ1v) is 11.1. The summed E-state index contributed by atoms with van der Waals surface area (Å²) in [4.78, 5) is 15.0. The fraction of sp³-hybridized carbons (Fsp3) is 0.385. The van der Waals surface area contributed by atoms with Gasteiger partial charge in [0.15, 0.2) is 0 Å². The molecule has 1 aromatic heterocycles. The van der Waals surface area contributed by atoms with Crippen molar-refractivity contribution in [1.29, 1.82) is 0 Å². The van der Waals surface area contributed by atoms with E-state index in [1.807, 2.05) is 23.6 Å². The number of ether oxygens (including phenoxy) is 1. The molecule has 0 bridgehead atoms. The number of hydrogen-bond donors (Lipinski definition) is 0. The topological polar surface area (TPSA) is 47.4 Å². The van der Waals surface area contributed by atoms with Crippen LogP contribution < -0.4 is 0 Å². The van der Waals surface area contributed by atoms with Gasteiger partial charge in [-0.15, -0.1) is 0 Å². The molecule has 0 aliphatic carbocycles. The zero-order valence-electron chi connectivity index (χ0n) is 18.5. The number of aryl methyl sites for hydroxylation is 3. The highest BCUT2D eigenvalue weighted by Gasteiger charge is 2.31. The minimum atomic E-state index is 0.147. The molecule has 1 atom stereocenters. The first-order chi connectivity index (χ1) is 15.0. The first kappa shape index (κ1) is 20.0. The maximum absolute atomic E-state index is 13.0. The summed E-state index contributed by atoms with van der Waals surface area (Å²) in [5.41, 5.74) is 9.10. The van der Waals surface area contributed by atoms with Crippen LogP contribution in [0, 0.1) is 13.8 Å². The van der Waals surface area contributed by atoms with Gasteiger partial charge in [-0.2, -0.15) is 5.10 Å². The van der Waals surface area contributed by atoms with E-state index in [1.54, 1.807) is 0 Å². The van der Waals surface area contributed by atoms with Gasteiger partial charge in [0.25, 0.3) is 5.91 Å². The highest BCUT2D eigenvalue weighted by Crippen LogP contribution is 2.29. The minimum absolute atomic E-state index is 0.147. The van der Waals surface area contributed by atoms with Crippen molar-refractivity contribution in [3.63, 3.8) is 0 Å². The van der Waals surface area contributed by atoms with Crippen molar-refractivity contribution >= 4 is 5.91 Å². The van der Waals surface area contributed by atoms with Crippen LogP contribution in [0.2, 0.25) is 0 Å². The number of fused-ring (bicyclic) bond motifs is 1. The van der Waals surface area contributed by atoms with Crippen LogP contribution in [0.25, 0.3) is 11.1 Å². The van der Waals surface area contributed by atoms with Gasteiger partial charge < -0.3 is 9.64 Å². The van der Waals surface area contributed by atoms with E-state index in [0.717, 1.165) is 42.7 Å². The summed E-state index contributed by atoms with van der Waals surface area (Å²) in [5.74, 6) is 0.147. The molecule has 160 valence electrons. The van der Waals surface area contributed by atoms with E-state index in [4.69, 9.17) is 4.74 Å². The predicted molar refractivity (Wildman–Crippen MR) is 121 cm³/mol. The van der Waals surface area contributed by atoms with Crippen molar-refractivity contribution < 1.29 is 9.53 Å². The predicted octanol–water partition coefficient (Wildman–Crippen LogP) is 4.43. The Morgan fingerprint density at radius 1 is 1.13 bits per heavy atom. The molecule has 5 heteroatoms. The van der Waals surface area contributed by atoms with Crippen LogP contribution in [0.4, 0.5) is 0 Å². The molecule has 0 N–H and O–H groups in total. The summed E-state index contributed by atoms with van der Waals surface area (Å²) in [6.07, 6.45) is 5.23. The molecule has 2 aliphatic rings. The van der Waals surface area contributed by atoms with Crippen LogP contribution in [0.15, 0.2) is 42.6 Å². The molecule has 31 heavy (non-hydrogen) atoms. The average molecular weight is 416 g/mol. The van der Waals surface area contributed by atoms with Crippen molar-refractivity contribution in [3.05, 3.63) is 76.1 Å². The van der Waals surface area contributed by atoms with E-state index in [2.05, 4.69) is 54.6 Å². The Hall–Kier alpha value is -2.92. The monoisotopic (exact) mass is 415 g/mol. The van der Waals surface area contributed by atoms with Crippen LogP contribution in [0.1, 0.15) is 51.1 Å². The fourth-order valence-corrected chi connectivity index (χ4v) is 4.87. The lowest BCUT2D eigenvalue weighted by Crippen LogP contribution is -2.32. The van der Waals surface area contributed by atoms with Gasteiger partial charge in [0.05, 0.1) is 11.8 Å². The van der Waals surface area contributed by atoms with Crippen molar-refractivity contribution in [2.45, 2.75) is 45.8 Å². The van der Waals surface area contributed by atoms with Gasteiger partial charge in [-0.05, 0) is 67.0 Å². The molecule has 3 aromatic rings. The number of carbonyl (C=O) groups is 1. The Morgan fingerprint density at radius 3 is 2.61 bits per heavy atom. The number of amides is 1. The Morgan fingerprint density at radius 2 is 1.94 bits per heavy atom. The summed E-state index contributed by atoms with van der Waals surface area (Å²) < 4.78 is 7.59. The Bertz CT molecular complexity index is 1120. The summed E-state index contributed by atoms with van der Waals surface area (Å²) in [5, 5.41) is 4.44. The smallest absolute Gasteiger partial charge is 0.254 e. The number of carbonyl (C=O) groups excluding carboxylic acids is 1. The molecule has 0 radical (unpaired) electrons. The molecule has 5 rings (SSSR count). The van der Waals surface area contributed by atoms with Gasteiger partial charge in [0.1, 0.15) is 0 Å². The van der Waals surface area contributed by atoms with E-state index >= 15 is 0 Å². The Balaban J connectivity index is 1.33. The second kappa shape index (κ2) is 7.97. The van der Waals surface area contributed by atoms with Crippen LogP contribution in [0.5, 0.6) is 0 Å². The third-order valence-corrected chi connectivity index (χ3v) is 6.56. The molecule has 1 saturated heterocycles. The van der Waals surface area contributed by atoms with E-state index < -0.39 is 0 Å². The molecular weight excluding hydrogens is 386 g/mol. The highest BCUT2D eigenvalue weighted by atomic mass is 16.5. The van der Waals surface area contributed by atoms with Crippen LogP contribution >= 0.6 is 0 Å². The number of hydrogen-bond acceptors (Lipinski definition) is 3. The van der Waals surface area contributed by atoms with Gasteiger partial charge in [-0.25, -0.2) is 0 Å². The third kappa shape index (κ3) is 3.90. The SMILES string of the molecule is Cc1cc2c(cc1Cc1ccc(-c3cn(C)nc3C)cc1)C(=O)N(CC1CCCO1)C2. The number of rotatable bonds is 5. The second-order valence-corrected chi connectivity index (χ2v) is 8.93. The summed E-state index contributed by atoms with van der Waals surface area (Å²) in [6.45, 7) is 6.42. The largest absolute Gasteiger partial charge is 0.376 e. The maximum Gasteiger partial charge on any atom is 0.254 e. The minimum Gasteiger partial charge on any atom is -0.376 e.